The Bertz CT molecular complexity index is 808. The number of aromatic nitrogens is 2. The van der Waals surface area contributed by atoms with Crippen molar-refractivity contribution in [3.05, 3.63) is 46.1 Å². The van der Waals surface area contributed by atoms with E-state index in [0.717, 1.165) is 24.0 Å². The fourth-order valence-corrected chi connectivity index (χ4v) is 4.28. The van der Waals surface area contributed by atoms with Crippen molar-refractivity contribution in [1.29, 1.82) is 0 Å². The molecule has 2 aromatic rings. The van der Waals surface area contributed by atoms with Crippen molar-refractivity contribution in [2.75, 3.05) is 11.4 Å². The summed E-state index contributed by atoms with van der Waals surface area (Å²) in [4.78, 5) is 22.4. The second kappa shape index (κ2) is 6.43. The number of hydrogen-bond donors (Lipinski definition) is 0. The summed E-state index contributed by atoms with van der Waals surface area (Å²) >= 11 is 0. The predicted molar refractivity (Wildman–Crippen MR) is 96.6 cm³/mol. The minimum Gasteiger partial charge on any atom is -0.353 e. The van der Waals surface area contributed by atoms with E-state index < -0.39 is 0 Å². The Balaban J connectivity index is 1.69. The van der Waals surface area contributed by atoms with Gasteiger partial charge in [0.1, 0.15) is 5.82 Å². The molecule has 6 nitrogen and oxygen atoms in total. The zero-order valence-corrected chi connectivity index (χ0v) is 14.4. The number of nitro benzene ring substituents is 1. The van der Waals surface area contributed by atoms with Crippen molar-refractivity contribution >= 4 is 11.5 Å². The van der Waals surface area contributed by atoms with E-state index in [-0.39, 0.29) is 10.6 Å². The molecule has 1 aliphatic carbocycles. The molecule has 4 rings (SSSR count). The van der Waals surface area contributed by atoms with Gasteiger partial charge >= 0.3 is 0 Å². The summed E-state index contributed by atoms with van der Waals surface area (Å²) in [6, 6.07) is 9.18. The molecule has 1 aromatic carbocycles. The van der Waals surface area contributed by atoms with Gasteiger partial charge in [-0.3, -0.25) is 10.1 Å². The number of benzene rings is 1. The van der Waals surface area contributed by atoms with E-state index in [4.69, 9.17) is 4.98 Å². The van der Waals surface area contributed by atoms with Crippen LogP contribution in [0.25, 0.3) is 11.4 Å². The zero-order chi connectivity index (χ0) is 17.4. The second-order valence-corrected chi connectivity index (χ2v) is 7.09. The topological polar surface area (TPSA) is 72.2 Å². The largest absolute Gasteiger partial charge is 0.353 e. The number of anilines is 1. The Hall–Kier alpha value is -2.50. The summed E-state index contributed by atoms with van der Waals surface area (Å²) in [7, 11) is 0. The van der Waals surface area contributed by atoms with Gasteiger partial charge in [0.25, 0.3) is 5.69 Å². The van der Waals surface area contributed by atoms with Crippen LogP contribution in [0.3, 0.4) is 0 Å². The molecule has 0 bridgehead atoms. The highest BCUT2D eigenvalue weighted by atomic mass is 16.6. The van der Waals surface area contributed by atoms with Crippen molar-refractivity contribution in [3.63, 3.8) is 0 Å². The molecule has 1 saturated carbocycles. The van der Waals surface area contributed by atoms with Crippen molar-refractivity contribution in [1.82, 2.24) is 9.97 Å². The first kappa shape index (κ1) is 16.0. The predicted octanol–water partition coefficient (Wildman–Crippen LogP) is 4.13. The maximum atomic E-state index is 11.0. The fourth-order valence-electron chi connectivity index (χ4n) is 4.28. The van der Waals surface area contributed by atoms with Gasteiger partial charge in [-0.25, -0.2) is 9.97 Å². The SMILES string of the molecule is Cc1cc(N2CCC3CCCCC32)nc(-c2cccc([N+](=O)[O-])c2)n1. The highest BCUT2D eigenvalue weighted by molar-refractivity contribution is 5.61. The Morgan fingerprint density at radius 1 is 1.16 bits per heavy atom. The minimum absolute atomic E-state index is 0.0673. The van der Waals surface area contributed by atoms with Crippen LogP contribution in [-0.2, 0) is 0 Å². The van der Waals surface area contributed by atoms with Crippen LogP contribution >= 0.6 is 0 Å². The molecule has 1 aliphatic heterocycles. The molecule has 2 atom stereocenters. The Morgan fingerprint density at radius 3 is 2.84 bits per heavy atom. The molecule has 0 spiro atoms. The highest BCUT2D eigenvalue weighted by Gasteiger charge is 2.36. The van der Waals surface area contributed by atoms with E-state index in [1.54, 1.807) is 12.1 Å². The van der Waals surface area contributed by atoms with Gasteiger partial charge in [0, 0.05) is 42.0 Å². The van der Waals surface area contributed by atoms with Crippen molar-refractivity contribution in [2.45, 2.75) is 45.1 Å². The van der Waals surface area contributed by atoms with Gasteiger partial charge in [-0.2, -0.15) is 0 Å². The van der Waals surface area contributed by atoms with Gasteiger partial charge in [-0.15, -0.1) is 0 Å². The van der Waals surface area contributed by atoms with Gasteiger partial charge in [0.05, 0.1) is 4.92 Å². The number of hydrogen-bond acceptors (Lipinski definition) is 5. The molecule has 1 saturated heterocycles. The molecule has 130 valence electrons. The van der Waals surface area contributed by atoms with Crippen molar-refractivity contribution < 1.29 is 4.92 Å². The Labute approximate surface area is 147 Å². The summed E-state index contributed by atoms with van der Waals surface area (Å²) in [5.74, 6) is 2.31. The normalized spacial score (nSPS) is 22.7. The number of rotatable bonds is 3. The van der Waals surface area contributed by atoms with E-state index >= 15 is 0 Å². The lowest BCUT2D eigenvalue weighted by atomic mass is 9.85. The van der Waals surface area contributed by atoms with Gasteiger partial charge in [-0.05, 0) is 32.1 Å². The molecule has 25 heavy (non-hydrogen) atoms. The third-order valence-electron chi connectivity index (χ3n) is 5.46. The molecule has 6 heteroatoms. The first-order valence-electron chi connectivity index (χ1n) is 8.99. The fraction of sp³-hybridized carbons (Fsp3) is 0.474. The van der Waals surface area contributed by atoms with Crippen molar-refractivity contribution in [2.24, 2.45) is 5.92 Å². The molecule has 2 fully saturated rings. The lowest BCUT2D eigenvalue weighted by Gasteiger charge is -2.32. The molecule has 0 amide bonds. The third kappa shape index (κ3) is 3.08. The van der Waals surface area contributed by atoms with E-state index in [0.29, 0.717) is 17.4 Å². The summed E-state index contributed by atoms with van der Waals surface area (Å²) in [6.45, 7) is 3.00. The third-order valence-corrected chi connectivity index (χ3v) is 5.46. The van der Waals surface area contributed by atoms with E-state index in [1.807, 2.05) is 19.1 Å². The van der Waals surface area contributed by atoms with Gasteiger partial charge in [0.15, 0.2) is 5.82 Å². The van der Waals surface area contributed by atoms with Crippen molar-refractivity contribution in [3.8, 4) is 11.4 Å². The summed E-state index contributed by atoms with van der Waals surface area (Å²) in [5, 5.41) is 11.0. The van der Waals surface area contributed by atoms with Gasteiger partial charge in [-0.1, -0.05) is 25.0 Å². The lowest BCUT2D eigenvalue weighted by molar-refractivity contribution is -0.384. The minimum atomic E-state index is -0.382. The first-order chi connectivity index (χ1) is 12.1. The molecule has 2 unspecified atom stereocenters. The number of nitrogens with zero attached hydrogens (tertiary/aromatic N) is 4. The Morgan fingerprint density at radius 2 is 2.00 bits per heavy atom. The molecule has 2 aliphatic rings. The summed E-state index contributed by atoms with van der Waals surface area (Å²) in [5.41, 5.74) is 1.65. The highest BCUT2D eigenvalue weighted by Crippen LogP contribution is 2.38. The molecular weight excluding hydrogens is 316 g/mol. The number of aryl methyl sites for hydroxylation is 1. The lowest BCUT2D eigenvalue weighted by Crippen LogP contribution is -2.35. The van der Waals surface area contributed by atoms with Crippen LogP contribution in [0.15, 0.2) is 30.3 Å². The zero-order valence-electron chi connectivity index (χ0n) is 14.4. The van der Waals surface area contributed by atoms with E-state index in [9.17, 15) is 10.1 Å². The van der Waals surface area contributed by atoms with Crippen LogP contribution in [0.4, 0.5) is 11.5 Å². The first-order valence-corrected chi connectivity index (χ1v) is 8.99. The smallest absolute Gasteiger partial charge is 0.270 e. The average Bonchev–Trinajstić information content (AvgIpc) is 3.05. The van der Waals surface area contributed by atoms with Gasteiger partial charge in [0.2, 0.25) is 0 Å². The van der Waals surface area contributed by atoms with E-state index in [1.165, 1.54) is 38.2 Å². The molecule has 2 heterocycles. The summed E-state index contributed by atoms with van der Waals surface area (Å²) in [6.07, 6.45) is 6.43. The quantitative estimate of drug-likeness (QED) is 0.621. The van der Waals surface area contributed by atoms with Crippen LogP contribution < -0.4 is 4.90 Å². The number of non-ortho nitro benzene ring substituents is 1. The monoisotopic (exact) mass is 338 g/mol. The van der Waals surface area contributed by atoms with Crippen LogP contribution in [0, 0.1) is 23.0 Å². The molecule has 0 N–H and O–H groups in total. The second-order valence-electron chi connectivity index (χ2n) is 7.09. The van der Waals surface area contributed by atoms with Gasteiger partial charge < -0.3 is 4.90 Å². The van der Waals surface area contributed by atoms with Crippen LogP contribution in [0.2, 0.25) is 0 Å². The maximum Gasteiger partial charge on any atom is 0.270 e. The number of fused-ring (bicyclic) bond motifs is 1. The standard InChI is InChI=1S/C19H22N4O2/c1-13-11-18(22-10-9-14-5-2-3-8-17(14)22)21-19(20-13)15-6-4-7-16(12-15)23(24)25/h4,6-7,11-12,14,17H,2-3,5,8-10H2,1H3. The van der Waals surface area contributed by atoms with E-state index in [2.05, 4.69) is 9.88 Å². The Kier molecular flexibility index (Phi) is 4.11. The van der Waals surface area contributed by atoms with Crippen LogP contribution in [-0.4, -0.2) is 27.5 Å². The number of nitro groups is 1. The molecule has 1 aromatic heterocycles. The average molecular weight is 338 g/mol. The van der Waals surface area contributed by atoms with Crippen LogP contribution in [0.1, 0.15) is 37.8 Å². The maximum absolute atomic E-state index is 11.0. The van der Waals surface area contributed by atoms with Crippen LogP contribution in [0.5, 0.6) is 0 Å². The summed E-state index contributed by atoms with van der Waals surface area (Å²) < 4.78 is 0. The molecular formula is C19H22N4O2. The molecule has 0 radical (unpaired) electrons.